The second kappa shape index (κ2) is 5.35. The normalized spacial score (nSPS) is 26.0. The average Bonchev–Trinajstić information content (AvgIpc) is 2.67. The van der Waals surface area contributed by atoms with Crippen LogP contribution in [0.5, 0.6) is 0 Å². The molecule has 1 atom stereocenters. The minimum atomic E-state index is -2.67. The topological polar surface area (TPSA) is 102 Å². The van der Waals surface area contributed by atoms with Gasteiger partial charge in [0.2, 0.25) is 0 Å². The third kappa shape index (κ3) is 2.73. The molecule has 118 valence electrons. The van der Waals surface area contributed by atoms with Crippen molar-refractivity contribution in [2.24, 2.45) is 22.2 Å². The maximum absolute atomic E-state index is 13.6. The second-order valence-corrected chi connectivity index (χ2v) is 6.43. The van der Waals surface area contributed by atoms with Gasteiger partial charge in [-0.15, -0.1) is 23.7 Å². The van der Waals surface area contributed by atoms with Gasteiger partial charge < -0.3 is 22.5 Å². The van der Waals surface area contributed by atoms with Crippen molar-refractivity contribution in [1.82, 2.24) is 0 Å². The fraction of sp³-hybridized carbons (Fsp3) is 0.583. The predicted octanol–water partition coefficient (Wildman–Crippen LogP) is 1.49. The Labute approximate surface area is 131 Å². The zero-order valence-electron chi connectivity index (χ0n) is 11.3. The molecule has 1 unspecified atom stereocenters. The molecular formula is C12H18ClF2N5S. The molecule has 0 aromatic carbocycles. The van der Waals surface area contributed by atoms with E-state index < -0.39 is 11.6 Å². The lowest BCUT2D eigenvalue weighted by molar-refractivity contribution is -0.0115. The highest BCUT2D eigenvalue weighted by Crippen LogP contribution is 2.48. The summed E-state index contributed by atoms with van der Waals surface area (Å²) in [4.78, 5) is 5.94. The van der Waals surface area contributed by atoms with Crippen LogP contribution in [0.25, 0.3) is 0 Å². The summed E-state index contributed by atoms with van der Waals surface area (Å²) in [5, 5.41) is 2.90. The minimum Gasteiger partial charge on any atom is -0.370 e. The molecular weight excluding hydrogens is 320 g/mol. The van der Waals surface area contributed by atoms with Crippen LogP contribution >= 0.6 is 23.7 Å². The summed E-state index contributed by atoms with van der Waals surface area (Å²) in [7, 11) is 0. The Morgan fingerprint density at radius 2 is 2.10 bits per heavy atom. The van der Waals surface area contributed by atoms with E-state index in [2.05, 4.69) is 10.3 Å². The number of halogens is 3. The van der Waals surface area contributed by atoms with E-state index in [1.54, 1.807) is 0 Å². The number of nitrogens with zero attached hydrogens (tertiary/aromatic N) is 1. The van der Waals surface area contributed by atoms with E-state index in [4.69, 9.17) is 17.2 Å². The molecule has 21 heavy (non-hydrogen) atoms. The molecule has 0 amide bonds. The van der Waals surface area contributed by atoms with Gasteiger partial charge in [-0.25, -0.2) is 13.8 Å². The van der Waals surface area contributed by atoms with Crippen LogP contribution in [-0.4, -0.2) is 18.4 Å². The molecule has 0 saturated carbocycles. The highest BCUT2D eigenvalue weighted by molar-refractivity contribution is 7.13. The van der Waals surface area contributed by atoms with Crippen LogP contribution in [0.4, 0.5) is 14.5 Å². The van der Waals surface area contributed by atoms with Gasteiger partial charge in [0.05, 0.1) is 10.6 Å². The molecule has 2 aliphatic rings. The fourth-order valence-electron chi connectivity index (χ4n) is 2.79. The van der Waals surface area contributed by atoms with E-state index in [-0.39, 0.29) is 31.2 Å². The van der Waals surface area contributed by atoms with Gasteiger partial charge in [-0.3, -0.25) is 0 Å². The number of nitrogens with two attached hydrogens (primary N) is 3. The third-order valence-corrected chi connectivity index (χ3v) is 5.19. The highest BCUT2D eigenvalue weighted by atomic mass is 35.5. The SMILES string of the molecule is Cl.NCCC1(N)N=C(N)Nc2c1sc1c2CC(F)(F)CC1. The maximum atomic E-state index is 13.6. The lowest BCUT2D eigenvalue weighted by Gasteiger charge is -2.30. The third-order valence-electron chi connectivity index (χ3n) is 3.74. The summed E-state index contributed by atoms with van der Waals surface area (Å²) in [6.07, 6.45) is 0.399. The van der Waals surface area contributed by atoms with E-state index in [0.717, 1.165) is 9.75 Å². The van der Waals surface area contributed by atoms with Gasteiger partial charge in [0.15, 0.2) is 5.96 Å². The van der Waals surface area contributed by atoms with E-state index in [1.807, 2.05) is 0 Å². The molecule has 1 aliphatic carbocycles. The van der Waals surface area contributed by atoms with E-state index in [9.17, 15) is 8.78 Å². The molecule has 3 rings (SSSR count). The smallest absolute Gasteiger partial charge is 0.252 e. The number of anilines is 1. The Balaban J connectivity index is 0.00000161. The lowest BCUT2D eigenvalue weighted by atomic mass is 9.92. The van der Waals surface area contributed by atoms with Gasteiger partial charge in [0.25, 0.3) is 5.92 Å². The minimum absolute atomic E-state index is 0. The zero-order valence-corrected chi connectivity index (χ0v) is 12.9. The summed E-state index contributed by atoms with van der Waals surface area (Å²) in [5.41, 5.74) is 17.9. The van der Waals surface area contributed by atoms with Gasteiger partial charge in [0.1, 0.15) is 5.66 Å². The van der Waals surface area contributed by atoms with Crippen LogP contribution in [-0.2, 0) is 18.5 Å². The molecule has 7 N–H and O–H groups in total. The van der Waals surface area contributed by atoms with Crippen LogP contribution in [0, 0.1) is 0 Å². The number of hydrogen-bond acceptors (Lipinski definition) is 6. The van der Waals surface area contributed by atoms with Crippen molar-refractivity contribution in [2.75, 3.05) is 11.9 Å². The second-order valence-electron chi connectivity index (χ2n) is 5.33. The van der Waals surface area contributed by atoms with Crippen LogP contribution < -0.4 is 22.5 Å². The Morgan fingerprint density at radius 1 is 1.38 bits per heavy atom. The van der Waals surface area contributed by atoms with Crippen LogP contribution in [0.15, 0.2) is 4.99 Å². The average molecular weight is 338 g/mol. The Kier molecular flexibility index (Phi) is 4.18. The molecule has 0 spiro atoms. The number of aryl methyl sites for hydroxylation is 1. The summed E-state index contributed by atoms with van der Waals surface area (Å²) in [5.74, 6) is -2.51. The molecule has 0 saturated heterocycles. The number of rotatable bonds is 2. The molecule has 9 heteroatoms. The molecule has 0 bridgehead atoms. The van der Waals surface area contributed by atoms with Gasteiger partial charge in [0, 0.05) is 24.1 Å². The molecule has 1 aromatic rings. The van der Waals surface area contributed by atoms with E-state index in [1.165, 1.54) is 11.3 Å². The number of thiophene rings is 1. The summed E-state index contributed by atoms with van der Waals surface area (Å²) >= 11 is 1.45. The lowest BCUT2D eigenvalue weighted by Crippen LogP contribution is -2.44. The Bertz CT molecular complexity index is 588. The first-order valence-electron chi connectivity index (χ1n) is 6.49. The highest BCUT2D eigenvalue weighted by Gasteiger charge is 2.42. The summed E-state index contributed by atoms with van der Waals surface area (Å²) in [6.45, 7) is 0.353. The first kappa shape index (κ1) is 16.4. The monoisotopic (exact) mass is 337 g/mol. The maximum Gasteiger partial charge on any atom is 0.252 e. The summed E-state index contributed by atoms with van der Waals surface area (Å²) in [6, 6.07) is 0. The number of guanidine groups is 1. The number of alkyl halides is 2. The molecule has 0 radical (unpaired) electrons. The summed E-state index contributed by atoms with van der Waals surface area (Å²) < 4.78 is 27.3. The number of hydrogen-bond donors (Lipinski definition) is 4. The number of aliphatic imine (C=N–C) groups is 1. The van der Waals surface area contributed by atoms with Crippen LogP contribution in [0.2, 0.25) is 0 Å². The first-order valence-corrected chi connectivity index (χ1v) is 7.30. The van der Waals surface area contributed by atoms with Crippen LogP contribution in [0.1, 0.15) is 28.2 Å². The van der Waals surface area contributed by atoms with Gasteiger partial charge in [-0.05, 0) is 18.5 Å². The van der Waals surface area contributed by atoms with E-state index in [0.29, 0.717) is 30.6 Å². The molecule has 2 heterocycles. The van der Waals surface area contributed by atoms with Crippen molar-refractivity contribution in [3.63, 3.8) is 0 Å². The van der Waals surface area contributed by atoms with Crippen molar-refractivity contribution in [3.05, 3.63) is 15.3 Å². The first-order chi connectivity index (χ1) is 9.35. The van der Waals surface area contributed by atoms with Crippen molar-refractivity contribution in [3.8, 4) is 0 Å². The van der Waals surface area contributed by atoms with E-state index >= 15 is 0 Å². The molecule has 0 fully saturated rings. The molecule has 1 aromatic heterocycles. The predicted molar refractivity (Wildman–Crippen MR) is 83.3 cm³/mol. The van der Waals surface area contributed by atoms with Crippen molar-refractivity contribution < 1.29 is 8.78 Å². The van der Waals surface area contributed by atoms with Gasteiger partial charge in [-0.1, -0.05) is 0 Å². The Hall–Kier alpha value is -0.960. The standard InChI is InChI=1S/C12H17F2N5S.ClH/c13-11(14)2-1-7-6(5-11)8-9(20-7)12(17,3-4-15)19-10(16)18-8;/h1-5,15,17H2,(H3,16,18,19);1H. The quantitative estimate of drug-likeness (QED) is 0.656. The molecule has 5 nitrogen and oxygen atoms in total. The largest absolute Gasteiger partial charge is 0.370 e. The van der Waals surface area contributed by atoms with Crippen molar-refractivity contribution in [1.29, 1.82) is 0 Å². The van der Waals surface area contributed by atoms with Crippen LogP contribution in [0.3, 0.4) is 0 Å². The van der Waals surface area contributed by atoms with Crippen molar-refractivity contribution in [2.45, 2.75) is 37.3 Å². The van der Waals surface area contributed by atoms with Crippen molar-refractivity contribution >= 4 is 35.4 Å². The number of fused-ring (bicyclic) bond motifs is 3. The number of nitrogens with one attached hydrogen (secondary N) is 1. The van der Waals surface area contributed by atoms with Gasteiger partial charge in [-0.2, -0.15) is 0 Å². The fourth-order valence-corrected chi connectivity index (χ4v) is 4.14. The molecule has 1 aliphatic heterocycles. The van der Waals surface area contributed by atoms with Gasteiger partial charge >= 0.3 is 0 Å². The zero-order chi connectivity index (χ0) is 14.5. The Morgan fingerprint density at radius 3 is 2.76 bits per heavy atom.